The third-order valence-electron chi connectivity index (χ3n) is 5.81. The van der Waals surface area contributed by atoms with Crippen molar-refractivity contribution >= 4 is 55.7 Å². The lowest BCUT2D eigenvalue weighted by atomic mass is 9.96. The molecule has 8 nitrogen and oxygen atoms in total. The first-order valence-corrected chi connectivity index (χ1v) is 12.8. The third kappa shape index (κ3) is 4.52. The van der Waals surface area contributed by atoms with Gasteiger partial charge in [-0.05, 0) is 61.9 Å². The van der Waals surface area contributed by atoms with Gasteiger partial charge in [-0.25, -0.2) is 4.98 Å². The van der Waals surface area contributed by atoms with Crippen LogP contribution < -0.4 is 14.4 Å². The van der Waals surface area contributed by atoms with Gasteiger partial charge in [-0.2, -0.15) is 0 Å². The van der Waals surface area contributed by atoms with Crippen molar-refractivity contribution in [2.75, 3.05) is 18.1 Å². The van der Waals surface area contributed by atoms with Crippen LogP contribution in [0.25, 0.3) is 16.0 Å². The number of carbonyl (C=O) groups is 2. The van der Waals surface area contributed by atoms with E-state index in [-0.39, 0.29) is 16.2 Å². The molecule has 1 unspecified atom stereocenters. The molecule has 4 aromatic rings. The number of halogens is 1. The fourth-order valence-electron chi connectivity index (χ4n) is 4.22. The van der Waals surface area contributed by atoms with Crippen molar-refractivity contribution in [2.45, 2.75) is 19.9 Å². The molecule has 0 bridgehead atoms. The number of nitrogens with zero attached hydrogens (tertiary/aromatic N) is 3. The van der Waals surface area contributed by atoms with Crippen molar-refractivity contribution in [1.82, 2.24) is 9.97 Å². The Labute approximate surface area is 221 Å². The number of amides is 1. The zero-order chi connectivity index (χ0) is 26.1. The Kier molecular flexibility index (Phi) is 6.82. The van der Waals surface area contributed by atoms with Gasteiger partial charge in [0.1, 0.15) is 17.3 Å². The van der Waals surface area contributed by atoms with E-state index in [0.717, 1.165) is 4.70 Å². The van der Waals surface area contributed by atoms with Gasteiger partial charge < -0.3 is 14.6 Å². The van der Waals surface area contributed by atoms with E-state index in [1.165, 1.54) is 16.2 Å². The molecule has 0 radical (unpaired) electrons. The van der Waals surface area contributed by atoms with Crippen LogP contribution in [-0.4, -0.2) is 40.0 Å². The smallest absolute Gasteiger partial charge is 0.301 e. The van der Waals surface area contributed by atoms with E-state index >= 15 is 0 Å². The number of Topliss-reactive ketones (excluding diaryl/α,β-unsaturated/α-hetero) is 1. The Bertz CT molecular complexity index is 1540. The number of ketones is 1. The van der Waals surface area contributed by atoms with Crippen LogP contribution in [0.1, 0.15) is 31.0 Å². The summed E-state index contributed by atoms with van der Waals surface area (Å²) in [6.07, 6.45) is 3.14. The molecule has 2 aromatic carbocycles. The van der Waals surface area contributed by atoms with Crippen molar-refractivity contribution in [2.24, 2.45) is 0 Å². The Balaban J connectivity index is 1.69. The number of ether oxygens (including phenoxy) is 2. The second-order valence-corrected chi connectivity index (χ2v) is 9.51. The lowest BCUT2D eigenvalue weighted by Crippen LogP contribution is -2.29. The summed E-state index contributed by atoms with van der Waals surface area (Å²) in [4.78, 5) is 36.9. The van der Waals surface area contributed by atoms with Gasteiger partial charge in [-0.1, -0.05) is 29.0 Å². The number of rotatable bonds is 7. The molecule has 1 amide bonds. The van der Waals surface area contributed by atoms with E-state index in [4.69, 9.17) is 21.1 Å². The van der Waals surface area contributed by atoms with E-state index in [1.54, 1.807) is 54.9 Å². The average molecular weight is 536 g/mol. The van der Waals surface area contributed by atoms with Crippen LogP contribution in [0.15, 0.2) is 66.5 Å². The molecule has 2 aromatic heterocycles. The quantitative estimate of drug-likeness (QED) is 0.182. The van der Waals surface area contributed by atoms with Crippen LogP contribution in [0.5, 0.6) is 11.5 Å². The summed E-state index contributed by atoms with van der Waals surface area (Å²) >= 11 is 7.65. The minimum Gasteiger partial charge on any atom is -0.507 e. The van der Waals surface area contributed by atoms with Crippen LogP contribution in [-0.2, 0) is 9.59 Å². The van der Waals surface area contributed by atoms with E-state index < -0.39 is 23.5 Å². The minimum atomic E-state index is -0.965. The number of aromatic nitrogens is 2. The molecule has 188 valence electrons. The van der Waals surface area contributed by atoms with Crippen LogP contribution in [0.3, 0.4) is 0 Å². The molecular formula is C27H22ClN3O5S. The van der Waals surface area contributed by atoms with E-state index in [1.807, 2.05) is 19.9 Å². The van der Waals surface area contributed by atoms with Crippen LogP contribution in [0, 0.1) is 0 Å². The monoisotopic (exact) mass is 535 g/mol. The van der Waals surface area contributed by atoms with Gasteiger partial charge in [0.15, 0.2) is 5.13 Å². The Morgan fingerprint density at radius 1 is 1.08 bits per heavy atom. The van der Waals surface area contributed by atoms with Gasteiger partial charge in [0.2, 0.25) is 0 Å². The number of aliphatic hydroxyl groups excluding tert-OH is 1. The Morgan fingerprint density at radius 3 is 2.51 bits per heavy atom. The minimum absolute atomic E-state index is 0.109. The number of benzene rings is 2. The normalized spacial score (nSPS) is 16.9. The highest BCUT2D eigenvalue weighted by atomic mass is 35.5. The fraction of sp³-hybridized carbons (Fsp3) is 0.185. The lowest BCUT2D eigenvalue weighted by molar-refractivity contribution is -0.132. The number of carbonyl (C=O) groups excluding carboxylic acids is 2. The number of hydrogen-bond acceptors (Lipinski definition) is 8. The maximum absolute atomic E-state index is 13.4. The van der Waals surface area contributed by atoms with E-state index in [2.05, 4.69) is 9.97 Å². The highest BCUT2D eigenvalue weighted by molar-refractivity contribution is 7.22. The summed E-state index contributed by atoms with van der Waals surface area (Å²) in [5, 5.41) is 11.9. The molecule has 1 N–H and O–H groups in total. The van der Waals surface area contributed by atoms with Crippen LogP contribution >= 0.6 is 22.9 Å². The predicted molar refractivity (Wildman–Crippen MR) is 142 cm³/mol. The Morgan fingerprint density at radius 2 is 1.81 bits per heavy atom. The van der Waals surface area contributed by atoms with Gasteiger partial charge in [-0.3, -0.25) is 19.5 Å². The summed E-state index contributed by atoms with van der Waals surface area (Å²) in [5.41, 5.74) is 1.27. The molecule has 1 aliphatic rings. The second-order valence-electron chi connectivity index (χ2n) is 8.09. The van der Waals surface area contributed by atoms with Gasteiger partial charge in [-0.15, -0.1) is 0 Å². The molecule has 1 atom stereocenters. The third-order valence-corrected chi connectivity index (χ3v) is 7.16. The number of thiazole rings is 1. The summed E-state index contributed by atoms with van der Waals surface area (Å²) in [5.74, 6) is -0.909. The predicted octanol–water partition coefficient (Wildman–Crippen LogP) is 5.77. The number of pyridine rings is 1. The number of hydrogen-bond donors (Lipinski definition) is 1. The summed E-state index contributed by atoms with van der Waals surface area (Å²) in [7, 11) is 0. The first-order valence-electron chi connectivity index (χ1n) is 11.6. The van der Waals surface area contributed by atoms with Crippen molar-refractivity contribution in [3.63, 3.8) is 0 Å². The van der Waals surface area contributed by atoms with Crippen LogP contribution in [0.2, 0.25) is 5.02 Å². The van der Waals surface area contributed by atoms with Gasteiger partial charge in [0, 0.05) is 18.0 Å². The van der Waals surface area contributed by atoms with Crippen molar-refractivity contribution in [1.29, 1.82) is 0 Å². The molecule has 0 saturated carbocycles. The number of fused-ring (bicyclic) bond motifs is 1. The molecule has 37 heavy (non-hydrogen) atoms. The van der Waals surface area contributed by atoms with Crippen molar-refractivity contribution in [3.8, 4) is 11.5 Å². The van der Waals surface area contributed by atoms with Crippen LogP contribution in [0.4, 0.5) is 5.13 Å². The van der Waals surface area contributed by atoms with Crippen molar-refractivity contribution in [3.05, 3.63) is 82.6 Å². The van der Waals surface area contributed by atoms with Gasteiger partial charge in [0.25, 0.3) is 5.78 Å². The molecule has 0 aliphatic carbocycles. The molecule has 10 heteroatoms. The summed E-state index contributed by atoms with van der Waals surface area (Å²) < 4.78 is 11.9. The molecule has 1 aliphatic heterocycles. The van der Waals surface area contributed by atoms with E-state index in [0.29, 0.717) is 40.9 Å². The highest BCUT2D eigenvalue weighted by Crippen LogP contribution is 2.45. The number of aliphatic hydroxyl groups is 1. The topological polar surface area (TPSA) is 102 Å². The van der Waals surface area contributed by atoms with Gasteiger partial charge in [0.05, 0.1) is 40.1 Å². The zero-order valence-electron chi connectivity index (χ0n) is 20.0. The summed E-state index contributed by atoms with van der Waals surface area (Å²) in [6.45, 7) is 4.65. The first kappa shape index (κ1) is 24.7. The zero-order valence-corrected chi connectivity index (χ0v) is 21.5. The SMILES string of the molecule is CCOc1ccc(Cl)c(/C(O)=C2\C(=O)C(=O)N(c3nc4ccc(OCC)cc4s3)C2c2cccnc2)c1. The average Bonchev–Trinajstić information content (AvgIpc) is 3.43. The largest absolute Gasteiger partial charge is 0.507 e. The van der Waals surface area contributed by atoms with Gasteiger partial charge >= 0.3 is 5.91 Å². The number of anilines is 1. The molecule has 1 fully saturated rings. The molecule has 3 heterocycles. The van der Waals surface area contributed by atoms with E-state index in [9.17, 15) is 14.7 Å². The fourth-order valence-corrected chi connectivity index (χ4v) is 5.45. The standard InChI is InChI=1S/C27H22ClN3O5S/c1-3-35-16-7-9-19(28)18(12-16)24(32)22-23(15-6-5-11-29-14-15)31(26(34)25(22)33)27-30-20-10-8-17(36-4-2)13-21(20)37-27/h5-14,23,32H,3-4H2,1-2H3/b24-22+. The molecule has 5 rings (SSSR count). The maximum Gasteiger partial charge on any atom is 0.301 e. The Hall–Kier alpha value is -3.95. The summed E-state index contributed by atoms with van der Waals surface area (Å²) in [6, 6.07) is 12.7. The highest BCUT2D eigenvalue weighted by Gasteiger charge is 2.48. The first-order chi connectivity index (χ1) is 17.9. The second kappa shape index (κ2) is 10.2. The molecule has 0 spiro atoms. The lowest BCUT2D eigenvalue weighted by Gasteiger charge is -2.22. The van der Waals surface area contributed by atoms with Crippen molar-refractivity contribution < 1.29 is 24.2 Å². The molecular weight excluding hydrogens is 514 g/mol. The maximum atomic E-state index is 13.4. The molecule has 1 saturated heterocycles.